The van der Waals surface area contributed by atoms with Crippen LogP contribution in [0.25, 0.3) is 0 Å². The van der Waals surface area contributed by atoms with E-state index >= 15 is 0 Å². The molecule has 1 aromatic rings. The van der Waals surface area contributed by atoms with Crippen LogP contribution in [0.1, 0.15) is 48.4 Å². The molecule has 0 aromatic heterocycles. The van der Waals surface area contributed by atoms with Gasteiger partial charge in [-0.25, -0.2) is 0 Å². The van der Waals surface area contributed by atoms with Crippen LogP contribution in [0.5, 0.6) is 0 Å². The van der Waals surface area contributed by atoms with E-state index < -0.39 is 0 Å². The summed E-state index contributed by atoms with van der Waals surface area (Å²) in [5.74, 6) is 1.08. The van der Waals surface area contributed by atoms with Gasteiger partial charge in [-0.15, -0.1) is 0 Å². The standard InChI is InChI=1S/C15H20OS/c1-8-4-5-12(15(2,3)17)11-6-9-10(14(8)11)7-13(9)16/h4-5,9-10,13,16-17H,6-7H2,1-3H3. The van der Waals surface area contributed by atoms with Gasteiger partial charge in [0.15, 0.2) is 0 Å². The molecule has 0 aliphatic heterocycles. The maximum atomic E-state index is 9.86. The van der Waals surface area contributed by atoms with Crippen molar-refractivity contribution in [3.8, 4) is 0 Å². The number of aliphatic hydroxyl groups is 1. The van der Waals surface area contributed by atoms with E-state index in [0.717, 1.165) is 12.8 Å². The van der Waals surface area contributed by atoms with Gasteiger partial charge < -0.3 is 5.11 Å². The van der Waals surface area contributed by atoms with E-state index in [1.165, 1.54) is 22.3 Å². The fourth-order valence-electron chi connectivity index (χ4n) is 3.62. The molecule has 3 rings (SSSR count). The zero-order valence-corrected chi connectivity index (χ0v) is 11.6. The number of thiol groups is 1. The molecule has 3 atom stereocenters. The van der Waals surface area contributed by atoms with E-state index in [-0.39, 0.29) is 10.9 Å². The van der Waals surface area contributed by atoms with E-state index in [2.05, 4.69) is 32.9 Å². The molecular formula is C15H20OS. The maximum absolute atomic E-state index is 9.86. The number of hydrogen-bond donors (Lipinski definition) is 2. The Morgan fingerprint density at radius 2 is 2.06 bits per heavy atom. The number of aliphatic hydroxyl groups excluding tert-OH is 1. The second-order valence-electron chi connectivity index (χ2n) is 6.16. The quantitative estimate of drug-likeness (QED) is 0.731. The van der Waals surface area contributed by atoms with E-state index in [4.69, 9.17) is 12.6 Å². The third-order valence-electron chi connectivity index (χ3n) is 4.55. The van der Waals surface area contributed by atoms with Gasteiger partial charge in [-0.05, 0) is 67.7 Å². The van der Waals surface area contributed by atoms with Crippen molar-refractivity contribution in [2.75, 3.05) is 0 Å². The third-order valence-corrected chi connectivity index (χ3v) is 4.79. The van der Waals surface area contributed by atoms with Gasteiger partial charge >= 0.3 is 0 Å². The first-order valence-corrected chi connectivity index (χ1v) is 6.87. The maximum Gasteiger partial charge on any atom is 0.0583 e. The van der Waals surface area contributed by atoms with E-state index in [1.807, 2.05) is 0 Å². The third kappa shape index (κ3) is 1.57. The van der Waals surface area contributed by atoms with E-state index in [0.29, 0.717) is 11.8 Å². The molecule has 1 aromatic carbocycles. The first-order valence-electron chi connectivity index (χ1n) is 6.43. The summed E-state index contributed by atoms with van der Waals surface area (Å²) in [6, 6.07) is 4.44. The molecule has 2 aliphatic carbocycles. The van der Waals surface area contributed by atoms with Crippen LogP contribution in [0.3, 0.4) is 0 Å². The molecule has 0 bridgehead atoms. The second kappa shape index (κ2) is 3.52. The minimum Gasteiger partial charge on any atom is -0.393 e. The predicted octanol–water partition coefficient (Wildman–Crippen LogP) is 3.18. The lowest BCUT2D eigenvalue weighted by atomic mass is 9.71. The average molecular weight is 248 g/mol. The molecule has 17 heavy (non-hydrogen) atoms. The minimum atomic E-state index is -0.0908. The summed E-state index contributed by atoms with van der Waals surface area (Å²) < 4.78 is -0.0908. The van der Waals surface area contributed by atoms with Crippen molar-refractivity contribution in [1.82, 2.24) is 0 Å². The van der Waals surface area contributed by atoms with Gasteiger partial charge in [0.1, 0.15) is 0 Å². The molecule has 0 spiro atoms. The molecule has 0 saturated heterocycles. The number of hydrogen-bond acceptors (Lipinski definition) is 2. The average Bonchev–Trinajstić information content (AvgIpc) is 2.51. The molecule has 2 heteroatoms. The minimum absolute atomic E-state index is 0.0809. The number of rotatable bonds is 1. The summed E-state index contributed by atoms with van der Waals surface area (Å²) in [5, 5.41) is 9.86. The van der Waals surface area contributed by atoms with Gasteiger partial charge in [-0.2, -0.15) is 12.6 Å². The normalized spacial score (nSPS) is 30.8. The van der Waals surface area contributed by atoms with Crippen molar-refractivity contribution in [2.45, 2.75) is 50.4 Å². The lowest BCUT2D eigenvalue weighted by Gasteiger charge is -2.37. The fourth-order valence-corrected chi connectivity index (χ4v) is 3.83. The zero-order valence-electron chi connectivity index (χ0n) is 10.7. The molecule has 2 aliphatic rings. The van der Waals surface area contributed by atoms with Crippen LogP contribution in [0, 0.1) is 12.8 Å². The Balaban J connectivity index is 2.14. The number of aryl methyl sites for hydroxylation is 1. The highest BCUT2D eigenvalue weighted by molar-refractivity contribution is 7.81. The molecule has 0 radical (unpaired) electrons. The summed E-state index contributed by atoms with van der Waals surface area (Å²) in [6.45, 7) is 6.50. The van der Waals surface area contributed by atoms with Crippen molar-refractivity contribution in [1.29, 1.82) is 0 Å². The molecule has 0 amide bonds. The zero-order chi connectivity index (χ0) is 12.4. The highest BCUT2D eigenvalue weighted by Gasteiger charge is 2.48. The molecule has 1 fully saturated rings. The summed E-state index contributed by atoms with van der Waals surface area (Å²) in [6.07, 6.45) is 1.92. The van der Waals surface area contributed by atoms with Gasteiger partial charge in [0, 0.05) is 4.75 Å². The Morgan fingerprint density at radius 1 is 1.35 bits per heavy atom. The lowest BCUT2D eigenvalue weighted by molar-refractivity contribution is 0.0108. The molecular weight excluding hydrogens is 228 g/mol. The van der Waals surface area contributed by atoms with Crippen LogP contribution >= 0.6 is 12.6 Å². The Kier molecular flexibility index (Phi) is 2.40. The van der Waals surface area contributed by atoms with Gasteiger partial charge in [0.25, 0.3) is 0 Å². The Morgan fingerprint density at radius 3 is 2.65 bits per heavy atom. The van der Waals surface area contributed by atoms with Crippen molar-refractivity contribution in [3.63, 3.8) is 0 Å². The Bertz CT molecular complexity index is 473. The molecule has 1 saturated carbocycles. The SMILES string of the molecule is Cc1ccc(C(C)(C)S)c2c1C1CC(O)C1C2. The monoisotopic (exact) mass is 248 g/mol. The number of fused-ring (bicyclic) bond motifs is 3. The summed E-state index contributed by atoms with van der Waals surface area (Å²) >= 11 is 4.72. The lowest BCUT2D eigenvalue weighted by Crippen LogP contribution is -2.37. The first kappa shape index (κ1) is 11.6. The van der Waals surface area contributed by atoms with Crippen LogP contribution in [-0.2, 0) is 11.2 Å². The molecule has 92 valence electrons. The fraction of sp³-hybridized carbons (Fsp3) is 0.600. The van der Waals surface area contributed by atoms with E-state index in [9.17, 15) is 5.11 Å². The van der Waals surface area contributed by atoms with Gasteiger partial charge in [-0.1, -0.05) is 12.1 Å². The van der Waals surface area contributed by atoms with Crippen molar-refractivity contribution in [3.05, 3.63) is 34.4 Å². The van der Waals surface area contributed by atoms with E-state index in [1.54, 1.807) is 0 Å². The Labute approximate surface area is 109 Å². The largest absolute Gasteiger partial charge is 0.393 e. The summed E-state index contributed by atoms with van der Waals surface area (Å²) in [7, 11) is 0. The van der Waals surface area contributed by atoms with Gasteiger partial charge in [-0.3, -0.25) is 0 Å². The molecule has 3 unspecified atom stereocenters. The van der Waals surface area contributed by atoms with Gasteiger partial charge in [0.05, 0.1) is 6.10 Å². The topological polar surface area (TPSA) is 20.2 Å². The van der Waals surface area contributed by atoms with Crippen molar-refractivity contribution in [2.24, 2.45) is 5.92 Å². The molecule has 0 heterocycles. The molecule has 1 nitrogen and oxygen atoms in total. The van der Waals surface area contributed by atoms with Crippen LogP contribution in [0.15, 0.2) is 12.1 Å². The van der Waals surface area contributed by atoms with Crippen molar-refractivity contribution >= 4 is 12.6 Å². The van der Waals surface area contributed by atoms with Gasteiger partial charge in [0.2, 0.25) is 0 Å². The first-order chi connectivity index (χ1) is 7.89. The van der Waals surface area contributed by atoms with Crippen LogP contribution < -0.4 is 0 Å². The van der Waals surface area contributed by atoms with Crippen LogP contribution in [0.4, 0.5) is 0 Å². The summed E-state index contributed by atoms with van der Waals surface area (Å²) in [4.78, 5) is 0. The smallest absolute Gasteiger partial charge is 0.0583 e. The van der Waals surface area contributed by atoms with Crippen molar-refractivity contribution < 1.29 is 5.11 Å². The highest BCUT2D eigenvalue weighted by Crippen LogP contribution is 2.54. The molecule has 1 N–H and O–H groups in total. The highest BCUT2D eigenvalue weighted by atomic mass is 32.1. The Hall–Kier alpha value is -0.470. The number of benzene rings is 1. The van der Waals surface area contributed by atoms with Crippen LogP contribution in [-0.4, -0.2) is 11.2 Å². The second-order valence-corrected chi connectivity index (χ2v) is 7.28. The summed E-state index contributed by atoms with van der Waals surface area (Å²) in [5.41, 5.74) is 5.72. The van der Waals surface area contributed by atoms with Crippen LogP contribution in [0.2, 0.25) is 0 Å². The predicted molar refractivity (Wildman–Crippen MR) is 73.7 cm³/mol.